The van der Waals surface area contributed by atoms with Crippen LogP contribution in [0, 0.1) is 0 Å². The molecule has 0 aromatic heterocycles. The zero-order valence-electron chi connectivity index (χ0n) is 16.7. The molecule has 2 aromatic rings. The van der Waals surface area contributed by atoms with Gasteiger partial charge in [0.15, 0.2) is 0 Å². The van der Waals surface area contributed by atoms with Gasteiger partial charge in [0, 0.05) is 24.0 Å². The number of benzene rings is 2. The molecule has 2 aromatic carbocycles. The number of anilines is 3. The van der Waals surface area contributed by atoms with Crippen molar-refractivity contribution in [1.82, 2.24) is 0 Å². The molecule has 0 saturated heterocycles. The van der Waals surface area contributed by atoms with Gasteiger partial charge in [-0.15, -0.1) is 0 Å². The van der Waals surface area contributed by atoms with Gasteiger partial charge < -0.3 is 16.0 Å². The second-order valence-corrected chi connectivity index (χ2v) is 7.28. The predicted molar refractivity (Wildman–Crippen MR) is 112 cm³/mol. The largest absolute Gasteiger partial charge is 0.376 e. The monoisotopic (exact) mass is 367 g/mol. The van der Waals surface area contributed by atoms with E-state index in [0.29, 0.717) is 17.5 Å². The van der Waals surface area contributed by atoms with Crippen molar-refractivity contribution in [3.8, 4) is 0 Å². The van der Waals surface area contributed by atoms with E-state index in [1.165, 1.54) is 6.92 Å². The zero-order valence-corrected chi connectivity index (χ0v) is 16.7. The fourth-order valence-electron chi connectivity index (χ4n) is 2.97. The Bertz CT molecular complexity index is 787. The summed E-state index contributed by atoms with van der Waals surface area (Å²) in [4.78, 5) is 23.7. The highest BCUT2D eigenvalue weighted by Crippen LogP contribution is 2.32. The van der Waals surface area contributed by atoms with E-state index < -0.39 is 0 Å². The molecule has 2 rings (SSSR count). The summed E-state index contributed by atoms with van der Waals surface area (Å²) in [5, 5.41) is 8.93. The topological polar surface area (TPSA) is 70.2 Å². The Kier molecular flexibility index (Phi) is 6.99. The van der Waals surface area contributed by atoms with Crippen LogP contribution in [0.5, 0.6) is 0 Å². The van der Waals surface area contributed by atoms with Gasteiger partial charge in [0.25, 0.3) is 0 Å². The minimum Gasteiger partial charge on any atom is -0.376 e. The molecule has 0 fully saturated rings. The Labute approximate surface area is 161 Å². The number of carbonyl (C=O) groups excluding carboxylic acids is 2. The number of rotatable bonds is 7. The first-order valence-electron chi connectivity index (χ1n) is 9.32. The third-order valence-electron chi connectivity index (χ3n) is 4.27. The number of amides is 2. The van der Waals surface area contributed by atoms with Gasteiger partial charge >= 0.3 is 0 Å². The SMILES string of the molecule is CC(=O)Nc1cccc(NCC(=O)Nc2c(C(C)C)cccc2C(C)C)c1. The summed E-state index contributed by atoms with van der Waals surface area (Å²) in [6.07, 6.45) is 0. The van der Waals surface area contributed by atoms with Crippen LogP contribution in [-0.4, -0.2) is 18.4 Å². The van der Waals surface area contributed by atoms with Crippen molar-refractivity contribution in [3.05, 3.63) is 53.6 Å². The molecule has 2 amide bonds. The lowest BCUT2D eigenvalue weighted by atomic mass is 9.92. The van der Waals surface area contributed by atoms with Crippen molar-refractivity contribution >= 4 is 28.9 Å². The van der Waals surface area contributed by atoms with Crippen molar-refractivity contribution in [3.63, 3.8) is 0 Å². The van der Waals surface area contributed by atoms with Crippen LogP contribution >= 0.6 is 0 Å². The summed E-state index contributed by atoms with van der Waals surface area (Å²) in [5.74, 6) is 0.411. The van der Waals surface area contributed by atoms with E-state index in [1.54, 1.807) is 12.1 Å². The molecule has 27 heavy (non-hydrogen) atoms. The molecule has 5 nitrogen and oxygen atoms in total. The number of carbonyl (C=O) groups is 2. The van der Waals surface area contributed by atoms with Crippen molar-refractivity contribution in [2.75, 3.05) is 22.5 Å². The first-order valence-corrected chi connectivity index (χ1v) is 9.32. The molecule has 0 spiro atoms. The van der Waals surface area contributed by atoms with Gasteiger partial charge in [-0.3, -0.25) is 9.59 Å². The molecule has 0 aliphatic rings. The van der Waals surface area contributed by atoms with Crippen LogP contribution in [0.4, 0.5) is 17.1 Å². The summed E-state index contributed by atoms with van der Waals surface area (Å²) in [6.45, 7) is 10.1. The number of hydrogen-bond donors (Lipinski definition) is 3. The molecule has 0 aliphatic heterocycles. The fourth-order valence-corrected chi connectivity index (χ4v) is 2.97. The lowest BCUT2D eigenvalue weighted by Gasteiger charge is -2.20. The number of nitrogens with one attached hydrogen (secondary N) is 3. The maximum absolute atomic E-state index is 12.6. The third kappa shape index (κ3) is 5.84. The Hall–Kier alpha value is -2.82. The fraction of sp³-hybridized carbons (Fsp3) is 0.364. The van der Waals surface area contributed by atoms with Gasteiger partial charge in [0.1, 0.15) is 0 Å². The molecule has 0 heterocycles. The third-order valence-corrected chi connectivity index (χ3v) is 4.27. The quantitative estimate of drug-likeness (QED) is 0.649. The molecule has 144 valence electrons. The van der Waals surface area contributed by atoms with Gasteiger partial charge in [-0.1, -0.05) is 52.0 Å². The second-order valence-electron chi connectivity index (χ2n) is 7.28. The van der Waals surface area contributed by atoms with E-state index in [9.17, 15) is 9.59 Å². The maximum atomic E-state index is 12.6. The minimum absolute atomic E-state index is 0.102. The van der Waals surface area contributed by atoms with Crippen LogP contribution in [-0.2, 0) is 9.59 Å². The summed E-state index contributed by atoms with van der Waals surface area (Å²) in [7, 11) is 0. The molecule has 0 unspecified atom stereocenters. The van der Waals surface area contributed by atoms with Gasteiger partial charge in [-0.25, -0.2) is 0 Å². The normalized spacial score (nSPS) is 10.8. The molecule has 0 atom stereocenters. The van der Waals surface area contributed by atoms with Crippen LogP contribution in [0.15, 0.2) is 42.5 Å². The standard InChI is InChI=1S/C22H29N3O2/c1-14(2)19-10-7-11-20(15(3)4)22(19)25-21(27)13-23-17-8-6-9-18(12-17)24-16(5)26/h6-12,14-15,23H,13H2,1-5H3,(H,24,26)(H,25,27). The van der Waals surface area contributed by atoms with Crippen LogP contribution in [0.25, 0.3) is 0 Å². The van der Waals surface area contributed by atoms with Crippen molar-refractivity contribution in [2.45, 2.75) is 46.5 Å². The Morgan fingerprint density at radius 3 is 1.96 bits per heavy atom. The Balaban J connectivity index is 2.09. The van der Waals surface area contributed by atoms with E-state index in [-0.39, 0.29) is 18.4 Å². The Morgan fingerprint density at radius 2 is 1.41 bits per heavy atom. The maximum Gasteiger partial charge on any atom is 0.243 e. The predicted octanol–water partition coefficient (Wildman–Crippen LogP) is 4.94. The lowest BCUT2D eigenvalue weighted by molar-refractivity contribution is -0.115. The lowest BCUT2D eigenvalue weighted by Crippen LogP contribution is -2.23. The van der Waals surface area contributed by atoms with Crippen LogP contribution in [0.1, 0.15) is 57.6 Å². The van der Waals surface area contributed by atoms with E-state index in [0.717, 1.165) is 22.5 Å². The number of para-hydroxylation sites is 1. The molecule has 0 aliphatic carbocycles. The van der Waals surface area contributed by atoms with Crippen LogP contribution in [0.3, 0.4) is 0 Å². The first kappa shape index (κ1) is 20.5. The molecule has 3 N–H and O–H groups in total. The van der Waals surface area contributed by atoms with Crippen molar-refractivity contribution < 1.29 is 9.59 Å². The molecule has 0 saturated carbocycles. The van der Waals surface area contributed by atoms with Crippen molar-refractivity contribution in [1.29, 1.82) is 0 Å². The molecule has 0 bridgehead atoms. The minimum atomic E-state index is -0.128. The molecular formula is C22H29N3O2. The highest BCUT2D eigenvalue weighted by molar-refractivity contribution is 5.95. The average molecular weight is 367 g/mol. The summed E-state index contributed by atoms with van der Waals surface area (Å²) in [5.41, 5.74) is 4.67. The zero-order chi connectivity index (χ0) is 20.0. The van der Waals surface area contributed by atoms with Crippen molar-refractivity contribution in [2.24, 2.45) is 0 Å². The molecule has 5 heteroatoms. The average Bonchev–Trinajstić information content (AvgIpc) is 2.59. The Morgan fingerprint density at radius 1 is 0.852 bits per heavy atom. The van der Waals surface area contributed by atoms with Gasteiger partial charge in [-0.05, 0) is 41.2 Å². The smallest absolute Gasteiger partial charge is 0.243 e. The van der Waals surface area contributed by atoms with E-state index in [4.69, 9.17) is 0 Å². The highest BCUT2D eigenvalue weighted by Gasteiger charge is 2.15. The van der Waals surface area contributed by atoms with Crippen LogP contribution in [0.2, 0.25) is 0 Å². The van der Waals surface area contributed by atoms with E-state index in [2.05, 4.69) is 55.8 Å². The highest BCUT2D eigenvalue weighted by atomic mass is 16.2. The first-order chi connectivity index (χ1) is 12.8. The number of hydrogen-bond acceptors (Lipinski definition) is 3. The summed E-state index contributed by atoms with van der Waals surface area (Å²) >= 11 is 0. The van der Waals surface area contributed by atoms with Gasteiger partial charge in [0.2, 0.25) is 11.8 Å². The van der Waals surface area contributed by atoms with E-state index >= 15 is 0 Å². The second kappa shape index (κ2) is 9.21. The van der Waals surface area contributed by atoms with Gasteiger partial charge in [0.05, 0.1) is 6.54 Å². The summed E-state index contributed by atoms with van der Waals surface area (Å²) < 4.78 is 0. The molecule has 0 radical (unpaired) electrons. The van der Waals surface area contributed by atoms with E-state index in [1.807, 2.05) is 18.2 Å². The van der Waals surface area contributed by atoms with Gasteiger partial charge in [-0.2, -0.15) is 0 Å². The molecular weight excluding hydrogens is 338 g/mol. The summed E-state index contributed by atoms with van der Waals surface area (Å²) in [6, 6.07) is 13.5. The van der Waals surface area contributed by atoms with Crippen LogP contribution < -0.4 is 16.0 Å².